The molecule has 0 aliphatic heterocycles. The van der Waals surface area contributed by atoms with E-state index in [1.54, 1.807) is 18.2 Å². The van der Waals surface area contributed by atoms with Crippen molar-refractivity contribution in [3.8, 4) is 85.0 Å². The molecule has 0 N–H and O–H groups in total. The van der Waals surface area contributed by atoms with E-state index in [2.05, 4.69) is 49.2 Å². The number of thiazole rings is 1. The number of carbonyl (C=O) groups is 3. The minimum absolute atomic E-state index is 0.0338. The zero-order valence-corrected chi connectivity index (χ0v) is 56.7. The first-order valence-corrected chi connectivity index (χ1v) is 34.4. The van der Waals surface area contributed by atoms with Crippen LogP contribution in [0.25, 0.3) is 78.0 Å². The third kappa shape index (κ3) is 18.0. The number of aryl methyl sites for hydroxylation is 2. The van der Waals surface area contributed by atoms with E-state index in [0.717, 1.165) is 120 Å². The van der Waals surface area contributed by atoms with Crippen LogP contribution in [0, 0.1) is 42.9 Å². The number of hydrogen-bond donors (Lipinski definition) is 0. The highest BCUT2D eigenvalue weighted by atomic mass is 32.2. The molecule has 0 atom stereocenters. The Morgan fingerprint density at radius 2 is 0.848 bits per heavy atom. The van der Waals surface area contributed by atoms with Gasteiger partial charge in [0.15, 0.2) is 26.0 Å². The average Bonchev–Trinajstić information content (AvgIpc) is 1.80. The van der Waals surface area contributed by atoms with Crippen LogP contribution in [-0.2, 0) is 0 Å². The number of esters is 1. The number of aromatic nitrogens is 6. The molecule has 13 rings (SSSR count). The van der Waals surface area contributed by atoms with Crippen LogP contribution in [0.5, 0.6) is 17.2 Å². The highest BCUT2D eigenvalue weighted by Crippen LogP contribution is 2.36. The Balaban J connectivity index is 0.000000150. The van der Waals surface area contributed by atoms with E-state index >= 15 is 0 Å². The van der Waals surface area contributed by atoms with Gasteiger partial charge < -0.3 is 27.8 Å². The fourth-order valence-electron chi connectivity index (χ4n) is 9.52. The Morgan fingerprint density at radius 3 is 1.27 bits per heavy atom. The quantitative estimate of drug-likeness (QED) is 0.0118. The number of nitrogens with zero attached hydrogens (tertiary/aromatic N) is 6. The molecule has 0 radical (unpaired) electrons. The summed E-state index contributed by atoms with van der Waals surface area (Å²) in [7, 11) is 0. The van der Waals surface area contributed by atoms with Crippen molar-refractivity contribution in [2.24, 2.45) is 0 Å². The molecular formula is C75H59F5N6O9S4. The molecule has 0 unspecified atom stereocenters. The molecule has 0 fully saturated rings. The van der Waals surface area contributed by atoms with Crippen molar-refractivity contribution >= 4 is 72.6 Å². The number of thioether (sulfide) groups is 2. The highest BCUT2D eigenvalue weighted by Gasteiger charge is 2.29. The molecular weight excluding hydrogens is 1350 g/mol. The molecule has 13 aromatic rings. The summed E-state index contributed by atoms with van der Waals surface area (Å²) in [4.78, 5) is 41.9. The van der Waals surface area contributed by atoms with Crippen molar-refractivity contribution in [2.45, 2.75) is 74.9 Å². The van der Waals surface area contributed by atoms with Gasteiger partial charge in [-0.25, -0.2) is 22.9 Å². The summed E-state index contributed by atoms with van der Waals surface area (Å²) in [5, 5.41) is 21.0. The van der Waals surface area contributed by atoms with E-state index in [1.807, 2.05) is 159 Å². The third-order valence-electron chi connectivity index (χ3n) is 14.9. The lowest BCUT2D eigenvalue weighted by Crippen LogP contribution is -2.13. The molecule has 5 heterocycles. The van der Waals surface area contributed by atoms with Crippen molar-refractivity contribution in [1.29, 1.82) is 0 Å². The average molecular weight is 1410 g/mol. The lowest BCUT2D eigenvalue weighted by molar-refractivity contribution is 0.0715. The van der Waals surface area contributed by atoms with E-state index in [9.17, 15) is 36.3 Å². The third-order valence-corrected chi connectivity index (χ3v) is 18.8. The second-order valence-electron chi connectivity index (χ2n) is 22.1. The minimum Gasteiger partial charge on any atom is -0.494 e. The normalized spacial score (nSPS) is 11.0. The first-order chi connectivity index (χ1) is 48.1. The van der Waals surface area contributed by atoms with Gasteiger partial charge in [0.05, 0.1) is 29.0 Å². The molecule has 24 heteroatoms. The van der Waals surface area contributed by atoms with Gasteiger partial charge in [0.25, 0.3) is 0 Å². The fraction of sp³-hybridized carbons (Fsp3) is 0.160. The van der Waals surface area contributed by atoms with Gasteiger partial charge in [0.1, 0.15) is 33.6 Å². The maximum Gasteiger partial charge on any atom is 0.343 e. The van der Waals surface area contributed by atoms with Gasteiger partial charge in [-0.1, -0.05) is 145 Å². The summed E-state index contributed by atoms with van der Waals surface area (Å²) >= 11 is 5.18. The van der Waals surface area contributed by atoms with Crippen LogP contribution in [0.2, 0.25) is 0 Å². The predicted octanol–water partition coefficient (Wildman–Crippen LogP) is 21.0. The van der Waals surface area contributed by atoms with Gasteiger partial charge in [-0.3, -0.25) is 9.59 Å². The second-order valence-corrected chi connectivity index (χ2v) is 26.7. The van der Waals surface area contributed by atoms with E-state index in [-0.39, 0.29) is 15.8 Å². The van der Waals surface area contributed by atoms with Gasteiger partial charge in [-0.15, -0.1) is 21.5 Å². The van der Waals surface area contributed by atoms with Crippen LogP contribution in [0.3, 0.4) is 0 Å². The van der Waals surface area contributed by atoms with Crippen molar-refractivity contribution in [3.63, 3.8) is 0 Å². The van der Waals surface area contributed by atoms with E-state index in [0.29, 0.717) is 49.7 Å². The SMILES string of the molecule is CCCCCOc1ccc(-c2cc(-c3ccc(C(=O)Sc4nc5ccccc5s4)cc3)no2)cc1.CCCCCOc1ccc(-c2cc(-c3ccc(C(=O)Sc4nnc(C)s4)cc3)no2)cc1.Cc1ccc(-c2cc(-c3ccc(C(=O)Oc4c(F)c(F)c(F)c(F)c4F)cc3)no2)cc1. The van der Waals surface area contributed by atoms with E-state index < -0.39 is 40.8 Å². The maximum absolute atomic E-state index is 13.7. The monoisotopic (exact) mass is 1410 g/mol. The topological polar surface area (TPSA) is 196 Å². The Morgan fingerprint density at radius 1 is 0.444 bits per heavy atom. The standard InChI is InChI=1S/C28H24N2O3S2.C24H23N3O3S2.C23H12F5NO3/c1-2-3-6-17-32-22-15-13-20(14-16-22)25-18-24(30-33-25)19-9-11-21(12-10-19)27(31)35-28-29-23-7-4-5-8-26(23)34-28;1-3-4-5-14-29-20-12-10-18(11-13-20)22-15-21(27-30-22)17-6-8-19(9-7-17)23(28)32-24-26-25-16(2)31-24;1-11-2-4-13(5-3-11)16-10-15(29-32-16)12-6-8-14(9-7-12)23(30)31-22-20(27)18(25)17(24)19(26)21(22)28/h4-5,7-16,18H,2-3,6,17H2,1H3;6-13,15H,3-5,14H2,1-2H3;2-10H,1H3. The molecule has 0 spiro atoms. The Labute approximate surface area is 581 Å². The summed E-state index contributed by atoms with van der Waals surface area (Å²) in [6.07, 6.45) is 6.84. The second kappa shape index (κ2) is 33.2. The molecule has 0 bridgehead atoms. The van der Waals surface area contributed by atoms with Crippen LogP contribution in [-0.4, -0.2) is 60.1 Å². The first kappa shape index (κ1) is 69.9. The number of hydrogen-bond acceptors (Lipinski definition) is 19. The maximum atomic E-state index is 13.7. The Bertz CT molecular complexity index is 4830. The minimum atomic E-state index is -2.35. The van der Waals surface area contributed by atoms with Crippen LogP contribution < -0.4 is 14.2 Å². The number of halogens is 5. The molecule has 0 saturated carbocycles. The summed E-state index contributed by atoms with van der Waals surface area (Å²) in [6, 6.07) is 56.8. The van der Waals surface area contributed by atoms with E-state index in [4.69, 9.17) is 23.0 Å². The van der Waals surface area contributed by atoms with E-state index in [1.165, 1.54) is 72.6 Å². The van der Waals surface area contributed by atoms with Crippen LogP contribution >= 0.6 is 46.2 Å². The number of benzene rings is 8. The van der Waals surface area contributed by atoms with Gasteiger partial charge in [-0.05, 0) is 147 Å². The fourth-order valence-corrected chi connectivity index (χ4v) is 13.1. The molecule has 8 aromatic carbocycles. The molecule has 502 valence electrons. The summed E-state index contributed by atoms with van der Waals surface area (Å²) < 4.78 is 102. The number of unbranched alkanes of at least 4 members (excludes halogenated alkanes) is 4. The summed E-state index contributed by atoms with van der Waals surface area (Å²) in [6.45, 7) is 9.64. The molecule has 15 nitrogen and oxygen atoms in total. The number of carbonyl (C=O) groups excluding carboxylic acids is 3. The van der Waals surface area contributed by atoms with Crippen molar-refractivity contribution in [1.82, 2.24) is 30.7 Å². The van der Waals surface area contributed by atoms with Gasteiger partial charge in [-0.2, -0.15) is 8.78 Å². The summed E-state index contributed by atoms with van der Waals surface area (Å²) in [5.74, 6) is -10.6. The zero-order valence-electron chi connectivity index (χ0n) is 53.4. The van der Waals surface area contributed by atoms with Crippen molar-refractivity contribution < 1.29 is 64.1 Å². The predicted molar refractivity (Wildman–Crippen MR) is 373 cm³/mol. The van der Waals surface area contributed by atoms with Gasteiger partial charge in [0.2, 0.25) is 45.1 Å². The molecule has 0 saturated heterocycles. The van der Waals surface area contributed by atoms with Gasteiger partial charge in [0, 0.05) is 62.7 Å². The lowest BCUT2D eigenvalue weighted by Gasteiger charge is -2.09. The number of fused-ring (bicyclic) bond motifs is 1. The lowest BCUT2D eigenvalue weighted by atomic mass is 10.1. The number of para-hydroxylation sites is 1. The van der Waals surface area contributed by atoms with Crippen LogP contribution in [0.1, 0.15) is 94.0 Å². The van der Waals surface area contributed by atoms with Crippen LogP contribution in [0.15, 0.2) is 210 Å². The largest absolute Gasteiger partial charge is 0.494 e. The summed E-state index contributed by atoms with van der Waals surface area (Å²) in [5.41, 5.74) is 9.94. The molecule has 99 heavy (non-hydrogen) atoms. The van der Waals surface area contributed by atoms with Crippen molar-refractivity contribution in [3.05, 3.63) is 244 Å². The van der Waals surface area contributed by atoms with Crippen molar-refractivity contribution in [2.75, 3.05) is 13.2 Å². The Kier molecular flexibility index (Phi) is 23.5. The number of ether oxygens (including phenoxy) is 3. The molecule has 0 aliphatic rings. The van der Waals surface area contributed by atoms with Crippen LogP contribution in [0.4, 0.5) is 22.0 Å². The zero-order chi connectivity index (χ0) is 69.4. The molecule has 0 aliphatic carbocycles. The highest BCUT2D eigenvalue weighted by molar-refractivity contribution is 8.15. The Hall–Kier alpha value is -10.4. The first-order valence-electron chi connectivity index (χ1n) is 31.2. The van der Waals surface area contributed by atoms with Gasteiger partial charge >= 0.3 is 5.97 Å². The molecule has 5 aromatic heterocycles. The molecule has 0 amide bonds. The smallest absolute Gasteiger partial charge is 0.343 e. The number of rotatable bonds is 22.